The van der Waals surface area contributed by atoms with Crippen molar-refractivity contribution in [3.05, 3.63) is 11.4 Å². The van der Waals surface area contributed by atoms with Gasteiger partial charge in [-0.15, -0.1) is 5.10 Å². The van der Waals surface area contributed by atoms with E-state index in [9.17, 15) is 9.59 Å². The van der Waals surface area contributed by atoms with E-state index >= 15 is 0 Å². The molecule has 23 heavy (non-hydrogen) atoms. The number of likely N-dealkylation sites (tertiary alicyclic amines) is 1. The summed E-state index contributed by atoms with van der Waals surface area (Å²) in [5.41, 5.74) is 1.74. The molecule has 0 atom stereocenters. The molecule has 1 aromatic rings. The van der Waals surface area contributed by atoms with Crippen LogP contribution in [-0.2, 0) is 34.0 Å². The summed E-state index contributed by atoms with van der Waals surface area (Å²) in [6, 6.07) is 0. The first kappa shape index (κ1) is 15.9. The number of nitrogens with zero attached hydrogens (tertiary/aromatic N) is 5. The van der Waals surface area contributed by atoms with Crippen molar-refractivity contribution in [2.24, 2.45) is 0 Å². The number of rotatable bonds is 5. The largest absolute Gasteiger partial charge is 0.372 e. The molecular weight excluding hydrogens is 298 g/mol. The Bertz CT molecular complexity index is 586. The molecule has 3 rings (SSSR count). The van der Waals surface area contributed by atoms with Crippen LogP contribution in [0, 0.1) is 0 Å². The summed E-state index contributed by atoms with van der Waals surface area (Å²) in [6.45, 7) is 5.70. The second-order valence-electron chi connectivity index (χ2n) is 5.93. The highest BCUT2D eigenvalue weighted by Crippen LogP contribution is 2.19. The predicted octanol–water partition coefficient (Wildman–Crippen LogP) is 0.169. The molecule has 0 aromatic carbocycles. The third kappa shape index (κ3) is 3.52. The maximum Gasteiger partial charge on any atom is 0.248 e. The summed E-state index contributed by atoms with van der Waals surface area (Å²) in [5, 5.41) is 8.44. The van der Waals surface area contributed by atoms with Gasteiger partial charge in [0.25, 0.3) is 0 Å². The van der Waals surface area contributed by atoms with Crippen LogP contribution < -0.4 is 0 Å². The van der Waals surface area contributed by atoms with Gasteiger partial charge < -0.3 is 14.5 Å². The van der Waals surface area contributed by atoms with Crippen molar-refractivity contribution in [3.63, 3.8) is 0 Å². The average Bonchev–Trinajstić information content (AvgIpc) is 3.04. The van der Waals surface area contributed by atoms with Crippen LogP contribution in [0.5, 0.6) is 0 Å². The minimum absolute atomic E-state index is 0.00954. The molecule has 126 valence electrons. The third-order valence-electron chi connectivity index (χ3n) is 4.35. The standard InChI is InChI=1S/C15H23N5O3/c1-2-23-11-15(22)19-7-4-8-20-13(10-19)12(16-17-20)9-18-6-3-5-14(18)21/h2-11H2,1H3. The van der Waals surface area contributed by atoms with Crippen LogP contribution in [0.2, 0.25) is 0 Å². The van der Waals surface area contributed by atoms with E-state index in [2.05, 4.69) is 10.3 Å². The SMILES string of the molecule is CCOCC(=O)N1CCCn2nnc(CN3CCCC3=O)c2C1. The first-order chi connectivity index (χ1) is 11.2. The van der Waals surface area contributed by atoms with Crippen molar-refractivity contribution >= 4 is 11.8 Å². The molecule has 1 saturated heterocycles. The lowest BCUT2D eigenvalue weighted by atomic mass is 10.2. The van der Waals surface area contributed by atoms with Gasteiger partial charge in [-0.3, -0.25) is 9.59 Å². The predicted molar refractivity (Wildman–Crippen MR) is 81.2 cm³/mol. The Kier molecular flexibility index (Phi) is 4.90. The van der Waals surface area contributed by atoms with Gasteiger partial charge >= 0.3 is 0 Å². The lowest BCUT2D eigenvalue weighted by Gasteiger charge is -2.21. The number of amides is 2. The van der Waals surface area contributed by atoms with Gasteiger partial charge in [0.1, 0.15) is 12.3 Å². The number of carbonyl (C=O) groups is 2. The van der Waals surface area contributed by atoms with Crippen LogP contribution in [0.1, 0.15) is 37.6 Å². The van der Waals surface area contributed by atoms with Crippen molar-refractivity contribution in [1.29, 1.82) is 0 Å². The Labute approximate surface area is 135 Å². The quantitative estimate of drug-likeness (QED) is 0.772. The molecule has 8 heteroatoms. The first-order valence-electron chi connectivity index (χ1n) is 8.23. The van der Waals surface area contributed by atoms with E-state index in [1.54, 1.807) is 4.90 Å². The van der Waals surface area contributed by atoms with Gasteiger partial charge in [0, 0.05) is 32.7 Å². The lowest BCUT2D eigenvalue weighted by Crippen LogP contribution is -2.34. The van der Waals surface area contributed by atoms with Gasteiger partial charge in [-0.1, -0.05) is 5.21 Å². The number of carbonyl (C=O) groups excluding carboxylic acids is 2. The summed E-state index contributed by atoms with van der Waals surface area (Å²) in [7, 11) is 0. The normalized spacial score (nSPS) is 18.2. The van der Waals surface area contributed by atoms with Gasteiger partial charge in [0.2, 0.25) is 11.8 Å². The summed E-state index contributed by atoms with van der Waals surface area (Å²) in [6.07, 6.45) is 2.36. The lowest BCUT2D eigenvalue weighted by molar-refractivity contribution is -0.136. The number of aryl methyl sites for hydroxylation is 1. The van der Waals surface area contributed by atoms with Crippen LogP contribution in [0.4, 0.5) is 0 Å². The molecule has 0 saturated carbocycles. The molecule has 2 aliphatic heterocycles. The third-order valence-corrected chi connectivity index (χ3v) is 4.35. The fraction of sp³-hybridized carbons (Fsp3) is 0.733. The summed E-state index contributed by atoms with van der Waals surface area (Å²) in [4.78, 5) is 27.7. The number of fused-ring (bicyclic) bond motifs is 1. The van der Waals surface area contributed by atoms with Crippen molar-refractivity contribution < 1.29 is 14.3 Å². The Morgan fingerprint density at radius 2 is 2.13 bits per heavy atom. The smallest absolute Gasteiger partial charge is 0.248 e. The Morgan fingerprint density at radius 1 is 1.26 bits per heavy atom. The zero-order valence-electron chi connectivity index (χ0n) is 13.5. The van der Waals surface area contributed by atoms with Gasteiger partial charge in [-0.2, -0.15) is 0 Å². The molecule has 0 spiro atoms. The van der Waals surface area contributed by atoms with Gasteiger partial charge in [-0.25, -0.2) is 4.68 Å². The molecule has 2 amide bonds. The molecule has 0 aliphatic carbocycles. The zero-order chi connectivity index (χ0) is 16.2. The highest BCUT2D eigenvalue weighted by atomic mass is 16.5. The topological polar surface area (TPSA) is 80.6 Å². The molecule has 3 heterocycles. The first-order valence-corrected chi connectivity index (χ1v) is 8.23. The molecule has 0 radical (unpaired) electrons. The van der Waals surface area contributed by atoms with E-state index in [-0.39, 0.29) is 18.4 Å². The minimum Gasteiger partial charge on any atom is -0.372 e. The summed E-state index contributed by atoms with van der Waals surface area (Å²) in [5.74, 6) is 0.161. The molecule has 0 bridgehead atoms. The Hall–Kier alpha value is -1.96. The van der Waals surface area contributed by atoms with Crippen molar-refractivity contribution in [3.8, 4) is 0 Å². The van der Waals surface area contributed by atoms with E-state index < -0.39 is 0 Å². The highest BCUT2D eigenvalue weighted by Gasteiger charge is 2.27. The highest BCUT2D eigenvalue weighted by molar-refractivity contribution is 5.78. The number of aromatic nitrogens is 3. The molecule has 8 nitrogen and oxygen atoms in total. The van der Waals surface area contributed by atoms with Crippen molar-refractivity contribution in [2.75, 3.05) is 26.3 Å². The average molecular weight is 321 g/mol. The number of hydrogen-bond donors (Lipinski definition) is 0. The van der Waals surface area contributed by atoms with Crippen LogP contribution in [0.15, 0.2) is 0 Å². The molecular formula is C15H23N5O3. The van der Waals surface area contributed by atoms with E-state index in [1.807, 2.05) is 16.5 Å². The molecule has 2 aliphatic rings. The van der Waals surface area contributed by atoms with Crippen LogP contribution in [0.3, 0.4) is 0 Å². The number of hydrogen-bond acceptors (Lipinski definition) is 5. The second-order valence-corrected chi connectivity index (χ2v) is 5.93. The Morgan fingerprint density at radius 3 is 2.87 bits per heavy atom. The van der Waals surface area contributed by atoms with Crippen LogP contribution in [0.25, 0.3) is 0 Å². The van der Waals surface area contributed by atoms with Gasteiger partial charge in [0.05, 0.1) is 18.8 Å². The van der Waals surface area contributed by atoms with Crippen LogP contribution >= 0.6 is 0 Å². The number of ether oxygens (including phenoxy) is 1. The maximum atomic E-state index is 12.2. The Balaban J connectivity index is 1.72. The molecule has 1 fully saturated rings. The summed E-state index contributed by atoms with van der Waals surface area (Å²) < 4.78 is 7.09. The maximum absolute atomic E-state index is 12.2. The fourth-order valence-corrected chi connectivity index (χ4v) is 3.06. The van der Waals surface area contributed by atoms with E-state index in [4.69, 9.17) is 4.74 Å². The molecule has 1 aromatic heterocycles. The van der Waals surface area contributed by atoms with Gasteiger partial charge in [-0.05, 0) is 19.8 Å². The van der Waals surface area contributed by atoms with E-state index in [1.165, 1.54) is 0 Å². The zero-order valence-corrected chi connectivity index (χ0v) is 13.5. The summed E-state index contributed by atoms with van der Waals surface area (Å²) >= 11 is 0. The van der Waals surface area contributed by atoms with E-state index in [0.717, 1.165) is 37.3 Å². The fourth-order valence-electron chi connectivity index (χ4n) is 3.06. The van der Waals surface area contributed by atoms with Crippen LogP contribution in [-0.4, -0.2) is 62.9 Å². The monoisotopic (exact) mass is 321 g/mol. The second kappa shape index (κ2) is 7.08. The molecule has 0 N–H and O–H groups in total. The van der Waals surface area contributed by atoms with Crippen molar-refractivity contribution in [1.82, 2.24) is 24.8 Å². The minimum atomic E-state index is -0.00954. The molecule has 0 unspecified atom stereocenters. The van der Waals surface area contributed by atoms with E-state index in [0.29, 0.717) is 32.7 Å². The van der Waals surface area contributed by atoms with Gasteiger partial charge in [0.15, 0.2) is 0 Å². The van der Waals surface area contributed by atoms with Crippen molar-refractivity contribution in [2.45, 2.75) is 45.8 Å².